The number of hydrogen-bond acceptors (Lipinski definition) is 4. The number of aromatic nitrogens is 2. The molecule has 4 aromatic rings. The molecule has 0 saturated carbocycles. The summed E-state index contributed by atoms with van der Waals surface area (Å²) in [6.07, 6.45) is 0.502. The first-order valence-corrected chi connectivity index (χ1v) is 10.5. The van der Waals surface area contributed by atoms with Crippen LogP contribution >= 0.6 is 11.3 Å². The Bertz CT molecular complexity index is 1300. The number of hydrogen-bond donors (Lipinski definition) is 1. The van der Waals surface area contributed by atoms with Gasteiger partial charge in [0.15, 0.2) is 5.13 Å². The molecule has 1 amide bonds. The van der Waals surface area contributed by atoms with Crippen molar-refractivity contribution in [3.63, 3.8) is 0 Å². The fourth-order valence-corrected chi connectivity index (χ4v) is 4.78. The van der Waals surface area contributed by atoms with Crippen molar-refractivity contribution in [2.75, 3.05) is 5.32 Å². The first-order chi connectivity index (χ1) is 13.9. The molecule has 0 bridgehead atoms. The maximum atomic E-state index is 13.2. The monoisotopic (exact) mass is 405 g/mol. The largest absolute Gasteiger partial charge is 0.300 e. The van der Waals surface area contributed by atoms with E-state index in [0.717, 1.165) is 37.8 Å². The molecule has 0 fully saturated rings. The standard InChI is InChI=1S/C23H23N3O2S/c1-5-18(22(28)25-23-24-17-10-9-13(2)11-19(17)29-23)26-20(27)12-15(4)16-8-6-7-14(3)21(16)26/h6-12,18H,5H2,1-4H3,(H,24,25,28). The maximum Gasteiger partial charge on any atom is 0.252 e. The minimum Gasteiger partial charge on any atom is -0.300 e. The van der Waals surface area contributed by atoms with E-state index in [4.69, 9.17) is 0 Å². The Balaban J connectivity index is 1.77. The average molecular weight is 406 g/mol. The van der Waals surface area contributed by atoms with Crippen molar-refractivity contribution in [2.24, 2.45) is 0 Å². The van der Waals surface area contributed by atoms with E-state index in [-0.39, 0.29) is 11.5 Å². The summed E-state index contributed by atoms with van der Waals surface area (Å²) in [6.45, 7) is 7.85. The lowest BCUT2D eigenvalue weighted by Gasteiger charge is -2.21. The summed E-state index contributed by atoms with van der Waals surface area (Å²) in [6, 6.07) is 13.0. The van der Waals surface area contributed by atoms with Gasteiger partial charge in [0.25, 0.3) is 5.56 Å². The molecule has 1 unspecified atom stereocenters. The van der Waals surface area contributed by atoms with Crippen LogP contribution in [0.2, 0.25) is 0 Å². The lowest BCUT2D eigenvalue weighted by Crippen LogP contribution is -2.33. The zero-order valence-corrected chi connectivity index (χ0v) is 17.8. The molecule has 0 spiro atoms. The van der Waals surface area contributed by atoms with Gasteiger partial charge < -0.3 is 5.32 Å². The zero-order valence-electron chi connectivity index (χ0n) is 16.9. The zero-order chi connectivity index (χ0) is 20.7. The van der Waals surface area contributed by atoms with Crippen LogP contribution in [0.4, 0.5) is 5.13 Å². The average Bonchev–Trinajstić information content (AvgIpc) is 3.06. The summed E-state index contributed by atoms with van der Waals surface area (Å²) in [7, 11) is 0. The molecular formula is C23H23N3O2S. The number of thiazole rings is 1. The highest BCUT2D eigenvalue weighted by molar-refractivity contribution is 7.22. The minimum absolute atomic E-state index is 0.161. The third-order valence-corrected chi connectivity index (χ3v) is 6.19. The van der Waals surface area contributed by atoms with Crippen LogP contribution in [-0.2, 0) is 4.79 Å². The quantitative estimate of drug-likeness (QED) is 0.512. The number of carbonyl (C=O) groups excluding carboxylic acids is 1. The molecule has 0 radical (unpaired) electrons. The molecule has 0 saturated heterocycles. The molecule has 2 aromatic carbocycles. The Kier molecular flexibility index (Phi) is 4.96. The minimum atomic E-state index is -0.611. The number of para-hydroxylation sites is 1. The number of anilines is 1. The van der Waals surface area contributed by atoms with Crippen molar-refractivity contribution in [1.82, 2.24) is 9.55 Å². The molecule has 5 nitrogen and oxygen atoms in total. The van der Waals surface area contributed by atoms with Gasteiger partial charge in [0, 0.05) is 11.5 Å². The van der Waals surface area contributed by atoms with Crippen LogP contribution in [0.3, 0.4) is 0 Å². The van der Waals surface area contributed by atoms with E-state index in [1.165, 1.54) is 11.3 Å². The lowest BCUT2D eigenvalue weighted by atomic mass is 10.0. The third-order valence-electron chi connectivity index (χ3n) is 5.26. The second-order valence-electron chi connectivity index (χ2n) is 7.41. The molecule has 4 rings (SSSR count). The molecule has 0 aliphatic heterocycles. The van der Waals surface area contributed by atoms with Gasteiger partial charge in [-0.25, -0.2) is 4.98 Å². The summed E-state index contributed by atoms with van der Waals surface area (Å²) >= 11 is 1.45. The number of aryl methyl sites for hydroxylation is 3. The Labute approximate surface area is 173 Å². The molecule has 6 heteroatoms. The summed E-state index contributed by atoms with van der Waals surface area (Å²) in [4.78, 5) is 30.6. The smallest absolute Gasteiger partial charge is 0.252 e. The number of benzene rings is 2. The van der Waals surface area contributed by atoms with E-state index in [1.54, 1.807) is 10.6 Å². The predicted molar refractivity (Wildman–Crippen MR) is 120 cm³/mol. The number of nitrogens with one attached hydrogen (secondary N) is 1. The highest BCUT2D eigenvalue weighted by Gasteiger charge is 2.24. The van der Waals surface area contributed by atoms with Crippen LogP contribution in [0.25, 0.3) is 21.1 Å². The van der Waals surface area contributed by atoms with E-state index in [1.807, 2.05) is 58.0 Å². The number of carbonyl (C=O) groups is 1. The Morgan fingerprint density at radius 2 is 1.93 bits per heavy atom. The predicted octanol–water partition coefficient (Wildman–Crippen LogP) is 5.13. The van der Waals surface area contributed by atoms with Crippen molar-refractivity contribution >= 4 is 43.5 Å². The van der Waals surface area contributed by atoms with Crippen LogP contribution in [0, 0.1) is 20.8 Å². The van der Waals surface area contributed by atoms with E-state index in [9.17, 15) is 9.59 Å². The fraction of sp³-hybridized carbons (Fsp3) is 0.261. The molecule has 148 valence electrons. The number of amides is 1. The van der Waals surface area contributed by atoms with Crippen molar-refractivity contribution in [3.8, 4) is 0 Å². The lowest BCUT2D eigenvalue weighted by molar-refractivity contribution is -0.119. The maximum absolute atomic E-state index is 13.2. The number of rotatable bonds is 4. The second-order valence-corrected chi connectivity index (χ2v) is 8.44. The fourth-order valence-electron chi connectivity index (χ4n) is 3.81. The first kappa shape index (κ1) is 19.3. The number of nitrogens with zero attached hydrogens (tertiary/aromatic N) is 2. The molecule has 29 heavy (non-hydrogen) atoms. The summed E-state index contributed by atoms with van der Waals surface area (Å²) < 4.78 is 2.66. The van der Waals surface area contributed by atoms with Crippen LogP contribution in [0.5, 0.6) is 0 Å². The highest BCUT2D eigenvalue weighted by atomic mass is 32.1. The van der Waals surface area contributed by atoms with Crippen molar-refractivity contribution in [2.45, 2.75) is 40.2 Å². The van der Waals surface area contributed by atoms with E-state index in [0.29, 0.717) is 11.6 Å². The van der Waals surface area contributed by atoms with Gasteiger partial charge in [-0.15, -0.1) is 0 Å². The van der Waals surface area contributed by atoms with Crippen LogP contribution in [0.15, 0.2) is 47.3 Å². The molecule has 1 atom stereocenters. The van der Waals surface area contributed by atoms with Crippen LogP contribution in [0.1, 0.15) is 36.1 Å². The Morgan fingerprint density at radius 3 is 2.69 bits per heavy atom. The van der Waals surface area contributed by atoms with Gasteiger partial charge in [-0.05, 0) is 56.0 Å². The first-order valence-electron chi connectivity index (χ1n) is 9.68. The summed E-state index contributed by atoms with van der Waals surface area (Å²) in [5, 5.41) is 4.48. The summed E-state index contributed by atoms with van der Waals surface area (Å²) in [5.74, 6) is -0.223. The van der Waals surface area contributed by atoms with Crippen molar-refractivity contribution < 1.29 is 4.79 Å². The van der Waals surface area contributed by atoms with Crippen LogP contribution in [-0.4, -0.2) is 15.5 Å². The molecule has 2 heterocycles. The van der Waals surface area contributed by atoms with Gasteiger partial charge in [0.1, 0.15) is 6.04 Å². The van der Waals surface area contributed by atoms with E-state index in [2.05, 4.69) is 16.4 Å². The Hall–Kier alpha value is -2.99. The van der Waals surface area contributed by atoms with Crippen molar-refractivity contribution in [1.29, 1.82) is 0 Å². The molecule has 1 N–H and O–H groups in total. The second kappa shape index (κ2) is 7.44. The van der Waals surface area contributed by atoms with E-state index >= 15 is 0 Å². The normalized spacial score (nSPS) is 12.4. The number of fused-ring (bicyclic) bond motifs is 2. The molecule has 0 aliphatic rings. The van der Waals surface area contributed by atoms with Gasteiger partial charge in [-0.1, -0.05) is 42.5 Å². The Morgan fingerprint density at radius 1 is 1.14 bits per heavy atom. The van der Waals surface area contributed by atoms with E-state index < -0.39 is 6.04 Å². The molecule has 2 aromatic heterocycles. The summed E-state index contributed by atoms with van der Waals surface area (Å²) in [5.41, 5.74) is 4.56. The topological polar surface area (TPSA) is 64.0 Å². The molecular weight excluding hydrogens is 382 g/mol. The van der Waals surface area contributed by atoms with Gasteiger partial charge in [-0.2, -0.15) is 0 Å². The van der Waals surface area contributed by atoms with Gasteiger partial charge in [0.2, 0.25) is 5.91 Å². The number of pyridine rings is 1. The highest BCUT2D eigenvalue weighted by Crippen LogP contribution is 2.29. The van der Waals surface area contributed by atoms with Gasteiger partial charge in [-0.3, -0.25) is 14.2 Å². The SMILES string of the molecule is CCC(C(=O)Nc1nc2ccc(C)cc2s1)n1c(=O)cc(C)c2cccc(C)c21. The molecule has 0 aliphatic carbocycles. The van der Waals surface area contributed by atoms with Gasteiger partial charge in [0.05, 0.1) is 15.7 Å². The third kappa shape index (κ3) is 3.44. The van der Waals surface area contributed by atoms with Gasteiger partial charge >= 0.3 is 0 Å². The van der Waals surface area contributed by atoms with Crippen LogP contribution < -0.4 is 10.9 Å². The van der Waals surface area contributed by atoms with Crippen molar-refractivity contribution in [3.05, 3.63) is 69.5 Å².